The first-order valence-corrected chi connectivity index (χ1v) is 8.36. The molecule has 0 unspecified atom stereocenters. The molecule has 0 aromatic heterocycles. The van der Waals surface area contributed by atoms with Crippen LogP contribution in [0.25, 0.3) is 0 Å². The molecule has 1 saturated carbocycles. The Morgan fingerprint density at radius 1 is 1.16 bits per heavy atom. The molecule has 0 heterocycles. The van der Waals surface area contributed by atoms with Gasteiger partial charge in [0.25, 0.3) is 0 Å². The number of rotatable bonds is 3. The van der Waals surface area contributed by atoms with Crippen LogP contribution in [-0.4, -0.2) is 14.5 Å². The van der Waals surface area contributed by atoms with Crippen molar-refractivity contribution in [3.05, 3.63) is 23.8 Å². The van der Waals surface area contributed by atoms with Gasteiger partial charge in [0.1, 0.15) is 0 Å². The van der Waals surface area contributed by atoms with E-state index < -0.39 is 10.0 Å². The summed E-state index contributed by atoms with van der Waals surface area (Å²) >= 11 is 0. The summed E-state index contributed by atoms with van der Waals surface area (Å²) in [5.74, 6) is 0. The smallest absolute Gasteiger partial charge is 0.240 e. The molecule has 0 bridgehead atoms. The van der Waals surface area contributed by atoms with E-state index in [2.05, 4.69) is 4.72 Å². The molecule has 0 aliphatic heterocycles. The van der Waals surface area contributed by atoms with Crippen molar-refractivity contribution in [3.8, 4) is 0 Å². The van der Waals surface area contributed by atoms with Crippen LogP contribution in [0.4, 0.5) is 5.69 Å². The van der Waals surface area contributed by atoms with Crippen LogP contribution in [-0.2, 0) is 10.0 Å². The number of benzene rings is 1. The number of hydrogen-bond acceptors (Lipinski definition) is 3. The van der Waals surface area contributed by atoms with Crippen molar-refractivity contribution in [1.29, 1.82) is 0 Å². The summed E-state index contributed by atoms with van der Waals surface area (Å²) in [6, 6.07) is 4.96. The average molecular weight is 282 g/mol. The van der Waals surface area contributed by atoms with Crippen LogP contribution < -0.4 is 10.5 Å². The monoisotopic (exact) mass is 282 g/mol. The maximum Gasteiger partial charge on any atom is 0.240 e. The van der Waals surface area contributed by atoms with Crippen LogP contribution in [0.2, 0.25) is 0 Å². The maximum atomic E-state index is 12.3. The molecule has 1 aliphatic carbocycles. The average Bonchev–Trinajstić information content (AvgIpc) is 2.60. The second kappa shape index (κ2) is 5.92. The Bertz CT molecular complexity index is 532. The molecule has 19 heavy (non-hydrogen) atoms. The second-order valence-corrected chi connectivity index (χ2v) is 7.04. The lowest BCUT2D eigenvalue weighted by molar-refractivity contribution is 0.510. The van der Waals surface area contributed by atoms with E-state index in [1.54, 1.807) is 12.1 Å². The largest absolute Gasteiger partial charge is 0.398 e. The number of anilines is 1. The summed E-state index contributed by atoms with van der Waals surface area (Å²) in [5, 5.41) is 0. The summed E-state index contributed by atoms with van der Waals surface area (Å²) in [6.07, 6.45) is 6.47. The van der Waals surface area contributed by atoms with Crippen molar-refractivity contribution in [2.45, 2.75) is 56.4 Å². The molecule has 5 heteroatoms. The minimum atomic E-state index is -3.45. The fourth-order valence-electron chi connectivity index (χ4n) is 2.47. The maximum absolute atomic E-state index is 12.3. The topological polar surface area (TPSA) is 72.2 Å². The van der Waals surface area contributed by atoms with Crippen LogP contribution in [0.5, 0.6) is 0 Å². The molecule has 0 saturated heterocycles. The molecule has 106 valence electrons. The third-order valence-corrected chi connectivity index (χ3v) is 5.26. The van der Waals surface area contributed by atoms with Gasteiger partial charge in [-0.15, -0.1) is 0 Å². The van der Waals surface area contributed by atoms with Gasteiger partial charge < -0.3 is 5.73 Å². The normalized spacial score (nSPS) is 18.2. The summed E-state index contributed by atoms with van der Waals surface area (Å²) < 4.78 is 27.4. The van der Waals surface area contributed by atoms with Gasteiger partial charge in [-0.3, -0.25) is 0 Å². The van der Waals surface area contributed by atoms with Gasteiger partial charge >= 0.3 is 0 Å². The third-order valence-electron chi connectivity index (χ3n) is 3.74. The van der Waals surface area contributed by atoms with Gasteiger partial charge in [0, 0.05) is 11.7 Å². The number of nitrogens with two attached hydrogens (primary N) is 1. The van der Waals surface area contributed by atoms with E-state index in [4.69, 9.17) is 5.73 Å². The van der Waals surface area contributed by atoms with Crippen LogP contribution >= 0.6 is 0 Å². The summed E-state index contributed by atoms with van der Waals surface area (Å²) in [6.45, 7) is 1.87. The molecular weight excluding hydrogens is 260 g/mol. The lowest BCUT2D eigenvalue weighted by atomic mass is 10.1. The zero-order valence-electron chi connectivity index (χ0n) is 11.4. The Morgan fingerprint density at radius 2 is 1.79 bits per heavy atom. The minimum absolute atomic E-state index is 0.0648. The van der Waals surface area contributed by atoms with Crippen LogP contribution in [0, 0.1) is 6.92 Å². The van der Waals surface area contributed by atoms with Crippen molar-refractivity contribution in [2.24, 2.45) is 0 Å². The van der Waals surface area contributed by atoms with E-state index in [0.29, 0.717) is 5.69 Å². The van der Waals surface area contributed by atoms with Crippen LogP contribution in [0.1, 0.15) is 44.1 Å². The van der Waals surface area contributed by atoms with Crippen LogP contribution in [0.3, 0.4) is 0 Å². The van der Waals surface area contributed by atoms with Crippen molar-refractivity contribution in [1.82, 2.24) is 4.72 Å². The quantitative estimate of drug-likeness (QED) is 0.661. The Kier molecular flexibility index (Phi) is 4.47. The SMILES string of the molecule is Cc1ccc(S(=O)(=O)NC2CCCCCC2)cc1N. The third kappa shape index (κ3) is 3.70. The molecule has 1 aliphatic rings. The number of nitrogen functional groups attached to an aromatic ring is 1. The highest BCUT2D eigenvalue weighted by molar-refractivity contribution is 7.89. The lowest BCUT2D eigenvalue weighted by Crippen LogP contribution is -2.34. The molecule has 1 aromatic rings. The summed E-state index contributed by atoms with van der Waals surface area (Å²) in [5.41, 5.74) is 7.20. The van der Waals surface area contributed by atoms with Gasteiger partial charge in [-0.2, -0.15) is 0 Å². The predicted octanol–water partition coefficient (Wildman–Crippen LogP) is 2.58. The van der Waals surface area contributed by atoms with Crippen molar-refractivity contribution < 1.29 is 8.42 Å². The lowest BCUT2D eigenvalue weighted by Gasteiger charge is -2.16. The van der Waals surface area contributed by atoms with Gasteiger partial charge in [0.2, 0.25) is 10.0 Å². The highest BCUT2D eigenvalue weighted by Gasteiger charge is 2.21. The summed E-state index contributed by atoms with van der Waals surface area (Å²) in [4.78, 5) is 0.264. The molecular formula is C14H22N2O2S. The second-order valence-electron chi connectivity index (χ2n) is 5.33. The first-order valence-electron chi connectivity index (χ1n) is 6.87. The van der Waals surface area contributed by atoms with Crippen molar-refractivity contribution in [3.63, 3.8) is 0 Å². The number of nitrogens with one attached hydrogen (secondary N) is 1. The Morgan fingerprint density at radius 3 is 2.37 bits per heavy atom. The van der Waals surface area contributed by atoms with E-state index >= 15 is 0 Å². The van der Waals surface area contributed by atoms with E-state index in [9.17, 15) is 8.42 Å². The van der Waals surface area contributed by atoms with Gasteiger partial charge in [-0.1, -0.05) is 31.7 Å². The predicted molar refractivity (Wildman–Crippen MR) is 77.4 cm³/mol. The minimum Gasteiger partial charge on any atom is -0.398 e. The van der Waals surface area contributed by atoms with E-state index in [0.717, 1.165) is 31.2 Å². The summed E-state index contributed by atoms with van der Waals surface area (Å²) in [7, 11) is -3.45. The van der Waals surface area contributed by atoms with Gasteiger partial charge in [0.15, 0.2) is 0 Å². The van der Waals surface area contributed by atoms with Crippen LogP contribution in [0.15, 0.2) is 23.1 Å². The van der Waals surface area contributed by atoms with E-state index in [1.807, 2.05) is 6.92 Å². The van der Waals surface area contributed by atoms with Gasteiger partial charge in [0.05, 0.1) is 4.90 Å². The highest BCUT2D eigenvalue weighted by atomic mass is 32.2. The molecule has 1 aromatic carbocycles. The molecule has 1 fully saturated rings. The molecule has 3 N–H and O–H groups in total. The first kappa shape index (κ1) is 14.3. The van der Waals surface area contributed by atoms with Gasteiger partial charge in [-0.25, -0.2) is 13.1 Å². The zero-order valence-corrected chi connectivity index (χ0v) is 12.2. The van der Waals surface area contributed by atoms with Crippen molar-refractivity contribution in [2.75, 3.05) is 5.73 Å². The van der Waals surface area contributed by atoms with Gasteiger partial charge in [-0.05, 0) is 37.5 Å². The fraction of sp³-hybridized carbons (Fsp3) is 0.571. The molecule has 0 atom stereocenters. The molecule has 0 radical (unpaired) electrons. The molecule has 2 rings (SSSR count). The number of hydrogen-bond donors (Lipinski definition) is 2. The zero-order chi connectivity index (χ0) is 13.9. The standard InChI is InChI=1S/C14H22N2O2S/c1-11-8-9-13(10-14(11)15)19(17,18)16-12-6-4-2-3-5-7-12/h8-10,12,16H,2-7,15H2,1H3. The first-order chi connectivity index (χ1) is 8.99. The Balaban J connectivity index is 2.14. The van der Waals surface area contributed by atoms with Crippen molar-refractivity contribution >= 4 is 15.7 Å². The Labute approximate surface area is 115 Å². The Hall–Kier alpha value is -1.07. The van der Waals surface area contributed by atoms with E-state index in [-0.39, 0.29) is 10.9 Å². The molecule has 0 spiro atoms. The number of aryl methyl sites for hydroxylation is 1. The number of sulfonamides is 1. The highest BCUT2D eigenvalue weighted by Crippen LogP contribution is 2.21. The van der Waals surface area contributed by atoms with E-state index in [1.165, 1.54) is 18.9 Å². The molecule has 0 amide bonds. The fourth-order valence-corrected chi connectivity index (χ4v) is 3.81. The molecule has 4 nitrogen and oxygen atoms in total.